The van der Waals surface area contributed by atoms with E-state index >= 15 is 0 Å². The molecule has 2 aromatic heterocycles. The molecule has 0 aliphatic carbocycles. The van der Waals surface area contributed by atoms with E-state index in [1.54, 1.807) is 25.3 Å². The number of phenolic OH excluding ortho intramolecular Hbond substituents is 1. The zero-order chi connectivity index (χ0) is 19.3. The number of methoxy groups -OCH3 is 1. The maximum Gasteiger partial charge on any atom is 0.204 e. The minimum absolute atomic E-state index is 0.117. The van der Waals surface area contributed by atoms with E-state index in [0.29, 0.717) is 34.1 Å². The maximum absolute atomic E-state index is 13.4. The average molecular weight is 364 g/mol. The van der Waals surface area contributed by atoms with Crippen LogP contribution in [0.25, 0.3) is 32.9 Å². The van der Waals surface area contributed by atoms with Crippen LogP contribution in [0.2, 0.25) is 0 Å². The number of ether oxygens (including phenoxy) is 1. The van der Waals surface area contributed by atoms with Gasteiger partial charge in [-0.15, -0.1) is 0 Å². The Morgan fingerprint density at radius 2 is 1.93 bits per heavy atom. The molecule has 0 saturated carbocycles. The van der Waals surface area contributed by atoms with Crippen molar-refractivity contribution in [3.63, 3.8) is 0 Å². The normalized spacial score (nSPS) is 11.4. The molecule has 27 heavy (non-hydrogen) atoms. The van der Waals surface area contributed by atoms with Gasteiger partial charge in [-0.25, -0.2) is 0 Å². The van der Waals surface area contributed by atoms with Gasteiger partial charge in [-0.05, 0) is 44.4 Å². The Morgan fingerprint density at radius 3 is 2.63 bits per heavy atom. The van der Waals surface area contributed by atoms with Gasteiger partial charge in [-0.1, -0.05) is 11.6 Å². The molecule has 0 saturated heterocycles. The SMILES string of the molecule is COc1cc2oc3cc4occc4c(O)c3c(=O)c2c(CC=C(C)C)c1C. The highest BCUT2D eigenvalue weighted by Gasteiger charge is 2.20. The van der Waals surface area contributed by atoms with Gasteiger partial charge in [-0.2, -0.15) is 0 Å². The van der Waals surface area contributed by atoms with Gasteiger partial charge in [0.1, 0.15) is 33.6 Å². The van der Waals surface area contributed by atoms with Crippen LogP contribution in [0.5, 0.6) is 11.5 Å². The Morgan fingerprint density at radius 1 is 1.19 bits per heavy atom. The first-order chi connectivity index (χ1) is 12.9. The molecule has 5 nitrogen and oxygen atoms in total. The number of allylic oxidation sites excluding steroid dienone is 2. The summed E-state index contributed by atoms with van der Waals surface area (Å²) < 4.78 is 16.8. The first-order valence-corrected chi connectivity index (χ1v) is 8.72. The van der Waals surface area contributed by atoms with Gasteiger partial charge in [0.2, 0.25) is 5.43 Å². The fourth-order valence-corrected chi connectivity index (χ4v) is 3.50. The Labute approximate surface area is 155 Å². The lowest BCUT2D eigenvalue weighted by atomic mass is 9.97. The molecule has 0 aliphatic heterocycles. The monoisotopic (exact) mass is 364 g/mol. The second kappa shape index (κ2) is 6.20. The van der Waals surface area contributed by atoms with E-state index in [4.69, 9.17) is 13.6 Å². The quantitative estimate of drug-likeness (QED) is 0.398. The van der Waals surface area contributed by atoms with Crippen molar-refractivity contribution in [3.8, 4) is 11.5 Å². The number of rotatable bonds is 3. The summed E-state index contributed by atoms with van der Waals surface area (Å²) in [4.78, 5) is 13.4. The van der Waals surface area contributed by atoms with Gasteiger partial charge in [0.15, 0.2) is 0 Å². The smallest absolute Gasteiger partial charge is 0.204 e. The summed E-state index contributed by atoms with van der Waals surface area (Å²) in [6, 6.07) is 4.99. The highest BCUT2D eigenvalue weighted by Crippen LogP contribution is 2.37. The molecule has 0 radical (unpaired) electrons. The lowest BCUT2D eigenvalue weighted by Crippen LogP contribution is -2.08. The van der Waals surface area contributed by atoms with Crippen LogP contribution in [0.4, 0.5) is 0 Å². The first kappa shape index (κ1) is 17.2. The van der Waals surface area contributed by atoms with E-state index < -0.39 is 0 Å². The molecule has 4 aromatic rings. The topological polar surface area (TPSA) is 72.8 Å². The van der Waals surface area contributed by atoms with Gasteiger partial charge in [0.05, 0.1) is 24.1 Å². The molecule has 0 bridgehead atoms. The van der Waals surface area contributed by atoms with E-state index in [2.05, 4.69) is 6.08 Å². The van der Waals surface area contributed by atoms with Crippen molar-refractivity contribution < 1.29 is 18.7 Å². The third-order valence-corrected chi connectivity index (χ3v) is 4.94. The molecule has 0 unspecified atom stereocenters. The Kier molecular flexibility index (Phi) is 3.95. The van der Waals surface area contributed by atoms with Crippen LogP contribution >= 0.6 is 0 Å². The van der Waals surface area contributed by atoms with Crippen LogP contribution in [-0.4, -0.2) is 12.2 Å². The van der Waals surface area contributed by atoms with E-state index in [9.17, 15) is 9.90 Å². The Balaban J connectivity index is 2.20. The number of hydrogen-bond acceptors (Lipinski definition) is 5. The van der Waals surface area contributed by atoms with Crippen LogP contribution in [0, 0.1) is 6.92 Å². The standard InChI is InChI=1S/C22H20O5/c1-11(2)5-6-13-12(3)15(25-4)9-17-19(13)22(24)20-18(27-17)10-16-14(21(20)23)7-8-26-16/h5,7-10,23H,6H2,1-4H3. The maximum atomic E-state index is 13.4. The van der Waals surface area contributed by atoms with Crippen molar-refractivity contribution in [1.82, 2.24) is 0 Å². The molecule has 0 aliphatic rings. The number of aromatic hydroxyl groups is 1. The highest BCUT2D eigenvalue weighted by molar-refractivity contribution is 6.04. The first-order valence-electron chi connectivity index (χ1n) is 8.72. The third-order valence-electron chi connectivity index (χ3n) is 4.94. The molecular weight excluding hydrogens is 344 g/mol. The second-order valence-electron chi connectivity index (χ2n) is 6.90. The number of fused-ring (bicyclic) bond motifs is 3. The summed E-state index contributed by atoms with van der Waals surface area (Å²) in [5, 5.41) is 11.8. The molecule has 2 aromatic carbocycles. The van der Waals surface area contributed by atoms with Crippen molar-refractivity contribution in [2.75, 3.05) is 7.11 Å². The van der Waals surface area contributed by atoms with Gasteiger partial charge in [0, 0.05) is 12.1 Å². The fourth-order valence-electron chi connectivity index (χ4n) is 3.50. The highest BCUT2D eigenvalue weighted by atomic mass is 16.5. The molecule has 0 fully saturated rings. The predicted molar refractivity (Wildman–Crippen MR) is 106 cm³/mol. The Bertz CT molecular complexity index is 1280. The molecule has 2 heterocycles. The Hall–Kier alpha value is -3.21. The molecule has 0 spiro atoms. The van der Waals surface area contributed by atoms with Crippen LogP contribution in [0.1, 0.15) is 25.0 Å². The van der Waals surface area contributed by atoms with Crippen molar-refractivity contribution in [1.29, 1.82) is 0 Å². The van der Waals surface area contributed by atoms with Crippen molar-refractivity contribution in [3.05, 3.63) is 57.5 Å². The summed E-state index contributed by atoms with van der Waals surface area (Å²) in [6.45, 7) is 5.95. The minimum Gasteiger partial charge on any atom is -0.506 e. The van der Waals surface area contributed by atoms with E-state index in [0.717, 1.165) is 16.7 Å². The van der Waals surface area contributed by atoms with Crippen LogP contribution < -0.4 is 10.2 Å². The molecule has 1 N–H and O–H groups in total. The van der Waals surface area contributed by atoms with Gasteiger partial charge < -0.3 is 18.7 Å². The molecular formula is C22H20O5. The summed E-state index contributed by atoms with van der Waals surface area (Å²) in [6.07, 6.45) is 4.11. The lowest BCUT2D eigenvalue weighted by molar-refractivity contribution is 0.411. The largest absolute Gasteiger partial charge is 0.506 e. The van der Waals surface area contributed by atoms with Crippen LogP contribution in [0.3, 0.4) is 0 Å². The summed E-state index contributed by atoms with van der Waals surface area (Å²) in [7, 11) is 1.59. The number of phenols is 1. The molecule has 0 amide bonds. The summed E-state index contributed by atoms with van der Waals surface area (Å²) >= 11 is 0. The molecule has 5 heteroatoms. The van der Waals surface area contributed by atoms with Gasteiger partial charge in [0.25, 0.3) is 0 Å². The number of hydrogen-bond donors (Lipinski definition) is 1. The van der Waals surface area contributed by atoms with E-state index in [1.807, 2.05) is 20.8 Å². The minimum atomic E-state index is -0.255. The van der Waals surface area contributed by atoms with Crippen molar-refractivity contribution in [2.45, 2.75) is 27.2 Å². The average Bonchev–Trinajstić information content (AvgIpc) is 3.09. The number of benzene rings is 2. The van der Waals surface area contributed by atoms with Crippen molar-refractivity contribution in [2.24, 2.45) is 0 Å². The van der Waals surface area contributed by atoms with E-state index in [1.165, 1.54) is 6.26 Å². The van der Waals surface area contributed by atoms with Crippen LogP contribution in [-0.2, 0) is 6.42 Å². The summed E-state index contributed by atoms with van der Waals surface area (Å²) in [5.74, 6) is 0.541. The van der Waals surface area contributed by atoms with Gasteiger partial charge in [-0.3, -0.25) is 4.79 Å². The lowest BCUT2D eigenvalue weighted by Gasteiger charge is -2.13. The zero-order valence-corrected chi connectivity index (χ0v) is 15.7. The molecule has 0 atom stereocenters. The molecule has 4 rings (SSSR count). The zero-order valence-electron chi connectivity index (χ0n) is 15.7. The third kappa shape index (κ3) is 2.58. The van der Waals surface area contributed by atoms with Gasteiger partial charge >= 0.3 is 0 Å². The number of furan rings is 1. The van der Waals surface area contributed by atoms with Crippen LogP contribution in [0.15, 0.2) is 49.7 Å². The van der Waals surface area contributed by atoms with E-state index in [-0.39, 0.29) is 22.1 Å². The van der Waals surface area contributed by atoms with Crippen molar-refractivity contribution >= 4 is 32.9 Å². The molecule has 138 valence electrons. The summed E-state index contributed by atoms with van der Waals surface area (Å²) in [5.41, 5.74) is 3.80. The second-order valence-corrected chi connectivity index (χ2v) is 6.90. The predicted octanol–water partition coefficient (Wildman–Crippen LogP) is 5.22. The fraction of sp³-hybridized carbons (Fsp3) is 0.227.